The quantitative estimate of drug-likeness (QED) is 0.853. The Balaban J connectivity index is 1.70. The van der Waals surface area contributed by atoms with E-state index >= 15 is 0 Å². The molecule has 0 bridgehead atoms. The second-order valence-electron chi connectivity index (χ2n) is 6.14. The summed E-state index contributed by atoms with van der Waals surface area (Å²) in [6.07, 6.45) is 0. The minimum absolute atomic E-state index is 0.313. The second kappa shape index (κ2) is 5.94. The molecule has 0 spiro atoms. The zero-order valence-electron chi connectivity index (χ0n) is 12.5. The highest BCUT2D eigenvalue weighted by molar-refractivity contribution is 8.14. The Hall–Kier alpha value is -1.74. The highest BCUT2D eigenvalue weighted by Gasteiger charge is 2.23. The highest BCUT2D eigenvalue weighted by atomic mass is 32.2. The van der Waals surface area contributed by atoms with E-state index in [0.29, 0.717) is 5.41 Å². The average molecular weight is 296 g/mol. The van der Waals surface area contributed by atoms with Crippen LogP contribution in [0.1, 0.15) is 13.8 Å². The van der Waals surface area contributed by atoms with Crippen molar-refractivity contribution in [1.82, 2.24) is 0 Å². The minimum atomic E-state index is 0.313. The molecule has 0 radical (unpaired) electrons. The first kappa shape index (κ1) is 14.2. The lowest BCUT2D eigenvalue weighted by Gasteiger charge is -2.27. The molecule has 21 heavy (non-hydrogen) atoms. The van der Waals surface area contributed by atoms with Crippen LogP contribution in [0.5, 0.6) is 0 Å². The number of nitrogens with zero attached hydrogens (tertiary/aromatic N) is 1. The molecule has 108 valence electrons. The van der Waals surface area contributed by atoms with Crippen LogP contribution >= 0.6 is 11.8 Å². The summed E-state index contributed by atoms with van der Waals surface area (Å²) in [5.74, 6) is 1.11. The molecule has 1 N–H and O–H groups in total. The topological polar surface area (TPSA) is 24.4 Å². The zero-order chi connectivity index (χ0) is 14.7. The monoisotopic (exact) mass is 296 g/mol. The number of aliphatic imine (C=N–C) groups is 1. The molecule has 0 unspecified atom stereocenters. The van der Waals surface area contributed by atoms with Crippen LogP contribution in [-0.4, -0.2) is 17.5 Å². The van der Waals surface area contributed by atoms with E-state index in [1.807, 2.05) is 6.07 Å². The molecule has 1 heterocycles. The number of benzene rings is 2. The van der Waals surface area contributed by atoms with Crippen molar-refractivity contribution in [3.8, 4) is 11.1 Å². The van der Waals surface area contributed by atoms with Gasteiger partial charge in [-0.2, -0.15) is 0 Å². The Morgan fingerprint density at radius 1 is 0.952 bits per heavy atom. The van der Waals surface area contributed by atoms with Crippen molar-refractivity contribution in [3.63, 3.8) is 0 Å². The largest absolute Gasteiger partial charge is 0.335 e. The smallest absolute Gasteiger partial charge is 0.161 e. The Bertz CT molecular complexity index is 630. The standard InChI is InChI=1S/C18H20N2S/c1-18(2)12-19-17(21-13-18)20-16-10-8-15(9-11-16)14-6-4-3-5-7-14/h3-11H,12-13H2,1-2H3,(H,19,20). The van der Waals surface area contributed by atoms with Gasteiger partial charge < -0.3 is 5.32 Å². The lowest BCUT2D eigenvalue weighted by Crippen LogP contribution is -2.27. The summed E-state index contributed by atoms with van der Waals surface area (Å²) in [6.45, 7) is 5.41. The third kappa shape index (κ3) is 3.67. The molecule has 1 aliphatic rings. The minimum Gasteiger partial charge on any atom is -0.335 e. The summed E-state index contributed by atoms with van der Waals surface area (Å²) < 4.78 is 0. The van der Waals surface area contributed by atoms with Gasteiger partial charge in [-0.05, 0) is 28.7 Å². The number of hydrogen-bond acceptors (Lipinski definition) is 3. The van der Waals surface area contributed by atoms with E-state index in [1.54, 1.807) is 11.8 Å². The van der Waals surface area contributed by atoms with E-state index in [2.05, 4.69) is 72.7 Å². The first-order valence-electron chi connectivity index (χ1n) is 7.22. The molecule has 2 nitrogen and oxygen atoms in total. The van der Waals surface area contributed by atoms with Gasteiger partial charge in [-0.1, -0.05) is 68.1 Å². The molecular formula is C18H20N2S. The molecule has 2 aromatic carbocycles. The molecule has 0 fully saturated rings. The van der Waals surface area contributed by atoms with Crippen LogP contribution in [0, 0.1) is 5.41 Å². The number of rotatable bonds is 2. The van der Waals surface area contributed by atoms with Crippen molar-refractivity contribution < 1.29 is 0 Å². The van der Waals surface area contributed by atoms with Gasteiger partial charge >= 0.3 is 0 Å². The first-order chi connectivity index (χ1) is 10.1. The van der Waals surface area contributed by atoms with Gasteiger partial charge in [0, 0.05) is 18.0 Å². The summed E-state index contributed by atoms with van der Waals surface area (Å²) >= 11 is 1.80. The maximum Gasteiger partial charge on any atom is 0.161 e. The van der Waals surface area contributed by atoms with Crippen LogP contribution in [0.15, 0.2) is 59.6 Å². The van der Waals surface area contributed by atoms with Crippen LogP contribution in [0.2, 0.25) is 0 Å². The molecule has 0 aromatic heterocycles. The molecule has 0 atom stereocenters. The predicted octanol–water partition coefficient (Wildman–Crippen LogP) is 4.89. The van der Waals surface area contributed by atoms with Gasteiger partial charge in [0.05, 0.1) is 0 Å². The average Bonchev–Trinajstić information content (AvgIpc) is 2.51. The van der Waals surface area contributed by atoms with Gasteiger partial charge in [0.2, 0.25) is 0 Å². The molecule has 3 heteroatoms. The van der Waals surface area contributed by atoms with Gasteiger partial charge in [0.25, 0.3) is 0 Å². The Morgan fingerprint density at radius 3 is 2.24 bits per heavy atom. The number of anilines is 1. The molecular weight excluding hydrogens is 276 g/mol. The molecule has 3 rings (SSSR count). The summed E-state index contributed by atoms with van der Waals surface area (Å²) in [5.41, 5.74) is 3.89. The summed E-state index contributed by atoms with van der Waals surface area (Å²) in [6, 6.07) is 19.0. The van der Waals surface area contributed by atoms with Crippen molar-refractivity contribution in [1.29, 1.82) is 0 Å². The van der Waals surface area contributed by atoms with E-state index in [4.69, 9.17) is 0 Å². The Kier molecular flexibility index (Phi) is 4.02. The molecule has 2 aromatic rings. The molecule has 0 saturated heterocycles. The van der Waals surface area contributed by atoms with Crippen LogP contribution in [-0.2, 0) is 0 Å². The van der Waals surface area contributed by atoms with Crippen LogP contribution < -0.4 is 5.32 Å². The van der Waals surface area contributed by atoms with Crippen LogP contribution in [0.25, 0.3) is 11.1 Å². The molecule has 0 amide bonds. The van der Waals surface area contributed by atoms with Crippen LogP contribution in [0.4, 0.5) is 5.69 Å². The normalized spacial score (nSPS) is 17.1. The Morgan fingerprint density at radius 2 is 1.62 bits per heavy atom. The predicted molar refractivity (Wildman–Crippen MR) is 94.0 cm³/mol. The second-order valence-corrected chi connectivity index (χ2v) is 7.11. The van der Waals surface area contributed by atoms with Crippen molar-refractivity contribution >= 4 is 22.6 Å². The maximum atomic E-state index is 4.63. The summed E-state index contributed by atoms with van der Waals surface area (Å²) in [4.78, 5) is 4.63. The number of amidine groups is 1. The highest BCUT2D eigenvalue weighted by Crippen LogP contribution is 2.29. The van der Waals surface area contributed by atoms with Crippen molar-refractivity contribution in [2.45, 2.75) is 13.8 Å². The van der Waals surface area contributed by atoms with E-state index in [1.165, 1.54) is 11.1 Å². The lowest BCUT2D eigenvalue weighted by molar-refractivity contribution is 0.438. The number of thioether (sulfide) groups is 1. The number of nitrogens with one attached hydrogen (secondary N) is 1. The van der Waals surface area contributed by atoms with Gasteiger partial charge in [-0.3, -0.25) is 4.99 Å². The number of hydrogen-bond donors (Lipinski definition) is 1. The zero-order valence-corrected chi connectivity index (χ0v) is 13.3. The van der Waals surface area contributed by atoms with Crippen LogP contribution in [0.3, 0.4) is 0 Å². The van der Waals surface area contributed by atoms with Gasteiger partial charge in [-0.15, -0.1) is 0 Å². The fourth-order valence-electron chi connectivity index (χ4n) is 2.22. The van der Waals surface area contributed by atoms with Crippen molar-refractivity contribution in [2.24, 2.45) is 10.4 Å². The van der Waals surface area contributed by atoms with Crippen molar-refractivity contribution in [3.05, 3.63) is 54.6 Å². The van der Waals surface area contributed by atoms with E-state index < -0.39 is 0 Å². The lowest BCUT2D eigenvalue weighted by atomic mass is 9.97. The molecule has 1 aliphatic heterocycles. The summed E-state index contributed by atoms with van der Waals surface area (Å²) in [5, 5.41) is 4.44. The van der Waals surface area contributed by atoms with Gasteiger partial charge in [-0.25, -0.2) is 0 Å². The fourth-order valence-corrected chi connectivity index (χ4v) is 3.18. The first-order valence-corrected chi connectivity index (χ1v) is 8.21. The van der Waals surface area contributed by atoms with Gasteiger partial charge in [0.15, 0.2) is 5.17 Å². The van der Waals surface area contributed by atoms with E-state index in [0.717, 1.165) is 23.2 Å². The molecule has 0 saturated carbocycles. The Labute approximate surface area is 130 Å². The molecule has 0 aliphatic carbocycles. The fraction of sp³-hybridized carbons (Fsp3) is 0.278. The third-order valence-electron chi connectivity index (χ3n) is 3.49. The summed E-state index contributed by atoms with van der Waals surface area (Å²) in [7, 11) is 0. The van der Waals surface area contributed by atoms with E-state index in [9.17, 15) is 0 Å². The SMILES string of the molecule is CC1(C)CN=C(Nc2ccc(-c3ccccc3)cc2)SC1. The van der Waals surface area contributed by atoms with Crippen molar-refractivity contribution in [2.75, 3.05) is 17.6 Å². The van der Waals surface area contributed by atoms with E-state index in [-0.39, 0.29) is 0 Å². The third-order valence-corrected chi connectivity index (χ3v) is 4.92. The van der Waals surface area contributed by atoms with Gasteiger partial charge in [0.1, 0.15) is 0 Å². The maximum absolute atomic E-state index is 4.63.